The van der Waals surface area contributed by atoms with E-state index >= 15 is 0 Å². The first-order chi connectivity index (χ1) is 17.3. The number of likely N-dealkylation sites (tertiary alicyclic amines) is 1. The Morgan fingerprint density at radius 2 is 1.83 bits per heavy atom. The van der Waals surface area contributed by atoms with Gasteiger partial charge in [0.1, 0.15) is 18.2 Å². The molecule has 0 unspecified atom stereocenters. The third kappa shape index (κ3) is 6.56. The minimum atomic E-state index is -0.874. The number of unbranched alkanes of at least 4 members (excludes halogenated alkanes) is 1. The first-order valence-electron chi connectivity index (χ1n) is 13.1. The van der Waals surface area contributed by atoms with E-state index in [1.165, 1.54) is 0 Å². The Labute approximate surface area is 213 Å². The number of hydrogen-bond donors (Lipinski definition) is 2. The van der Waals surface area contributed by atoms with Gasteiger partial charge >= 0.3 is 6.09 Å². The zero-order valence-electron chi connectivity index (χ0n) is 21.8. The Balaban J connectivity index is 1.46. The highest BCUT2D eigenvalue weighted by Gasteiger charge is 2.53. The summed E-state index contributed by atoms with van der Waals surface area (Å²) in [6.07, 6.45) is 3.08. The number of nitrogens with zero attached hydrogens (tertiary/aromatic N) is 2. The molecule has 0 radical (unpaired) electrons. The molecule has 2 aliphatic heterocycles. The van der Waals surface area contributed by atoms with Gasteiger partial charge in [-0.15, -0.1) is 0 Å². The molecule has 198 valence electrons. The smallest absolute Gasteiger partial charge is 0.407 e. The number of carbonyl (C=O) groups is 4. The van der Waals surface area contributed by atoms with E-state index in [1.807, 2.05) is 56.0 Å². The van der Waals surface area contributed by atoms with Gasteiger partial charge in [-0.1, -0.05) is 51.1 Å². The lowest BCUT2D eigenvalue weighted by Crippen LogP contribution is -2.73. The first-order valence-corrected chi connectivity index (χ1v) is 13.1. The number of rotatable bonds is 10. The molecular weight excluding hydrogens is 460 g/mol. The molecule has 3 rings (SSSR count). The van der Waals surface area contributed by atoms with Crippen LogP contribution in [0.25, 0.3) is 0 Å². The maximum atomic E-state index is 13.4. The van der Waals surface area contributed by atoms with Gasteiger partial charge in [-0.3, -0.25) is 14.4 Å². The second-order valence-electron chi connectivity index (χ2n) is 10.0. The molecule has 1 spiro atoms. The molecule has 1 aromatic rings. The van der Waals surface area contributed by atoms with Crippen LogP contribution in [0.1, 0.15) is 64.9 Å². The Hall–Kier alpha value is -3.10. The third-order valence-electron chi connectivity index (χ3n) is 7.05. The van der Waals surface area contributed by atoms with Crippen LogP contribution in [0.3, 0.4) is 0 Å². The normalized spacial score (nSPS) is 19.4. The number of hydrogen-bond acceptors (Lipinski definition) is 5. The summed E-state index contributed by atoms with van der Waals surface area (Å²) in [4.78, 5) is 54.6. The maximum absolute atomic E-state index is 13.4. The Kier molecular flexibility index (Phi) is 9.73. The van der Waals surface area contributed by atoms with Gasteiger partial charge in [0.25, 0.3) is 0 Å². The fourth-order valence-electron chi connectivity index (χ4n) is 5.02. The number of carbonyl (C=O) groups excluding carboxylic acids is 4. The van der Waals surface area contributed by atoms with Gasteiger partial charge in [-0.25, -0.2) is 4.79 Å². The lowest BCUT2D eigenvalue weighted by atomic mass is 9.81. The molecule has 0 saturated carbocycles. The summed E-state index contributed by atoms with van der Waals surface area (Å²) >= 11 is 0. The summed E-state index contributed by atoms with van der Waals surface area (Å²) in [5, 5.41) is 5.71. The van der Waals surface area contributed by atoms with Crippen LogP contribution in [0, 0.1) is 5.92 Å². The van der Waals surface area contributed by atoms with Crippen LogP contribution in [-0.2, 0) is 25.7 Å². The molecule has 2 saturated heterocycles. The zero-order valence-corrected chi connectivity index (χ0v) is 21.8. The van der Waals surface area contributed by atoms with E-state index < -0.39 is 17.7 Å². The second kappa shape index (κ2) is 12.7. The van der Waals surface area contributed by atoms with E-state index in [0.717, 1.165) is 12.0 Å². The van der Waals surface area contributed by atoms with Crippen LogP contribution in [0.5, 0.6) is 0 Å². The van der Waals surface area contributed by atoms with E-state index in [-0.39, 0.29) is 30.2 Å². The third-order valence-corrected chi connectivity index (χ3v) is 7.05. The molecule has 0 bridgehead atoms. The molecule has 1 atom stereocenters. The highest BCUT2D eigenvalue weighted by molar-refractivity contribution is 6.00. The van der Waals surface area contributed by atoms with Crippen molar-refractivity contribution < 1.29 is 23.9 Å². The molecule has 0 aromatic heterocycles. The molecule has 4 amide bonds. The second-order valence-corrected chi connectivity index (χ2v) is 10.0. The van der Waals surface area contributed by atoms with Crippen LogP contribution in [0.2, 0.25) is 0 Å². The number of piperazine rings is 1. The van der Waals surface area contributed by atoms with Crippen molar-refractivity contribution >= 4 is 23.8 Å². The monoisotopic (exact) mass is 500 g/mol. The molecule has 2 fully saturated rings. The van der Waals surface area contributed by atoms with E-state index in [1.54, 1.807) is 4.90 Å². The predicted octanol–water partition coefficient (Wildman–Crippen LogP) is 2.84. The molecule has 9 nitrogen and oxygen atoms in total. The summed E-state index contributed by atoms with van der Waals surface area (Å²) in [5.41, 5.74) is 0.0484. The summed E-state index contributed by atoms with van der Waals surface area (Å²) in [5.74, 6) is -0.155. The number of piperidine rings is 1. The van der Waals surface area contributed by atoms with Crippen molar-refractivity contribution in [2.24, 2.45) is 5.92 Å². The molecule has 2 N–H and O–H groups in total. The van der Waals surface area contributed by atoms with Gasteiger partial charge in [0.05, 0.1) is 0 Å². The van der Waals surface area contributed by atoms with Gasteiger partial charge in [-0.2, -0.15) is 0 Å². The SMILES string of the molecule is CCCN1C(=O)[C@H](CCCCNC(=O)OCc2ccccc2)NC(=O)C12CCN(C(=O)C(C)C)CC2. The highest BCUT2D eigenvalue weighted by Crippen LogP contribution is 2.34. The van der Waals surface area contributed by atoms with Gasteiger partial charge in [0, 0.05) is 32.1 Å². The molecule has 0 aliphatic carbocycles. The fourth-order valence-corrected chi connectivity index (χ4v) is 5.02. The number of amides is 4. The minimum Gasteiger partial charge on any atom is -0.445 e. The average Bonchev–Trinajstić information content (AvgIpc) is 2.88. The number of nitrogens with one attached hydrogen (secondary N) is 2. The van der Waals surface area contributed by atoms with Gasteiger partial charge in [0.2, 0.25) is 17.7 Å². The standard InChI is InChI=1S/C27H40N4O5/c1-4-16-31-24(33)22(12-8-9-15-28-26(35)36-19-21-10-6-5-7-11-21)29-25(34)27(31)13-17-30(18-14-27)23(32)20(2)3/h5-7,10-11,20,22H,4,8-9,12-19H2,1-3H3,(H,28,35)(H,29,34)/t22-/m0/s1. The van der Waals surface area contributed by atoms with Crippen molar-refractivity contribution in [3.8, 4) is 0 Å². The summed E-state index contributed by atoms with van der Waals surface area (Å²) in [6, 6.07) is 8.91. The predicted molar refractivity (Wildman–Crippen MR) is 136 cm³/mol. The summed E-state index contributed by atoms with van der Waals surface area (Å²) in [6.45, 7) is 7.89. The van der Waals surface area contributed by atoms with Gasteiger partial charge in [0.15, 0.2) is 0 Å². The van der Waals surface area contributed by atoms with E-state index in [4.69, 9.17) is 4.74 Å². The molecule has 2 aliphatic rings. The van der Waals surface area contributed by atoms with Crippen LogP contribution in [-0.4, -0.2) is 71.4 Å². The van der Waals surface area contributed by atoms with Crippen molar-refractivity contribution in [1.82, 2.24) is 20.4 Å². The quantitative estimate of drug-likeness (QED) is 0.481. The van der Waals surface area contributed by atoms with E-state index in [0.29, 0.717) is 58.3 Å². The molecule has 9 heteroatoms. The van der Waals surface area contributed by atoms with Crippen LogP contribution < -0.4 is 10.6 Å². The zero-order chi connectivity index (χ0) is 26.1. The van der Waals surface area contributed by atoms with Crippen molar-refractivity contribution in [3.63, 3.8) is 0 Å². The summed E-state index contributed by atoms with van der Waals surface area (Å²) < 4.78 is 5.20. The average molecular weight is 501 g/mol. The fraction of sp³-hybridized carbons (Fsp3) is 0.630. The van der Waals surface area contributed by atoms with E-state index in [9.17, 15) is 19.2 Å². The van der Waals surface area contributed by atoms with Crippen LogP contribution >= 0.6 is 0 Å². The molecule has 36 heavy (non-hydrogen) atoms. The van der Waals surface area contributed by atoms with Crippen molar-refractivity contribution in [2.75, 3.05) is 26.2 Å². The minimum absolute atomic E-state index is 0.0460. The highest BCUT2D eigenvalue weighted by atomic mass is 16.5. The van der Waals surface area contributed by atoms with Gasteiger partial charge in [-0.05, 0) is 44.1 Å². The number of ether oxygens (including phenoxy) is 1. The molecule has 2 heterocycles. The lowest BCUT2D eigenvalue weighted by molar-refractivity contribution is -0.162. The summed E-state index contributed by atoms with van der Waals surface area (Å²) in [7, 11) is 0. The van der Waals surface area contributed by atoms with Crippen molar-refractivity contribution in [1.29, 1.82) is 0 Å². The van der Waals surface area contributed by atoms with Crippen molar-refractivity contribution in [3.05, 3.63) is 35.9 Å². The van der Waals surface area contributed by atoms with Crippen LogP contribution in [0.4, 0.5) is 4.79 Å². The number of benzene rings is 1. The molecule has 1 aromatic carbocycles. The Morgan fingerprint density at radius 1 is 1.14 bits per heavy atom. The van der Waals surface area contributed by atoms with Gasteiger partial charge < -0.3 is 25.2 Å². The first kappa shape index (κ1) is 27.5. The maximum Gasteiger partial charge on any atom is 0.407 e. The Morgan fingerprint density at radius 3 is 2.47 bits per heavy atom. The topological polar surface area (TPSA) is 108 Å². The van der Waals surface area contributed by atoms with Crippen molar-refractivity contribution in [2.45, 2.75) is 77.5 Å². The number of alkyl carbamates (subject to hydrolysis) is 1. The van der Waals surface area contributed by atoms with Crippen LogP contribution in [0.15, 0.2) is 30.3 Å². The van der Waals surface area contributed by atoms with E-state index in [2.05, 4.69) is 10.6 Å². The molecular formula is C27H40N4O5. The lowest BCUT2D eigenvalue weighted by Gasteiger charge is -2.51. The largest absolute Gasteiger partial charge is 0.445 e. The Bertz CT molecular complexity index is 912.